The van der Waals surface area contributed by atoms with Gasteiger partial charge in [-0.25, -0.2) is 0 Å². The quantitative estimate of drug-likeness (QED) is 0.859. The van der Waals surface area contributed by atoms with E-state index in [1.165, 1.54) is 16.5 Å². The van der Waals surface area contributed by atoms with E-state index in [0.29, 0.717) is 5.92 Å². The molecule has 1 heterocycles. The zero-order valence-corrected chi connectivity index (χ0v) is 13.6. The minimum absolute atomic E-state index is 0.0414. The van der Waals surface area contributed by atoms with Crippen LogP contribution >= 0.6 is 0 Å². The number of benzene rings is 1. The summed E-state index contributed by atoms with van der Waals surface area (Å²) in [5.41, 5.74) is 9.94. The molecule has 0 bridgehead atoms. The van der Waals surface area contributed by atoms with E-state index in [0.717, 1.165) is 17.8 Å². The Balaban J connectivity index is 2.66. The summed E-state index contributed by atoms with van der Waals surface area (Å²) >= 11 is 0. The summed E-state index contributed by atoms with van der Waals surface area (Å²) in [7, 11) is 0. The van der Waals surface area contributed by atoms with Gasteiger partial charge in [0.2, 0.25) is 0 Å². The van der Waals surface area contributed by atoms with Crippen molar-refractivity contribution in [1.29, 1.82) is 0 Å². The molecule has 2 rings (SSSR count). The first-order valence-corrected chi connectivity index (χ1v) is 7.56. The molecule has 1 atom stereocenters. The number of furan rings is 1. The molecule has 0 saturated heterocycles. The highest BCUT2D eigenvalue weighted by molar-refractivity contribution is 5.83. The summed E-state index contributed by atoms with van der Waals surface area (Å²) in [6, 6.07) is 6.58. The van der Waals surface area contributed by atoms with Gasteiger partial charge in [0.15, 0.2) is 0 Å². The van der Waals surface area contributed by atoms with Crippen molar-refractivity contribution in [3.63, 3.8) is 0 Å². The second kappa shape index (κ2) is 5.25. The molecule has 2 aromatic rings. The van der Waals surface area contributed by atoms with Crippen LogP contribution in [-0.4, -0.2) is 0 Å². The lowest BCUT2D eigenvalue weighted by Crippen LogP contribution is -2.15. The molecule has 2 N–H and O–H groups in total. The van der Waals surface area contributed by atoms with Gasteiger partial charge >= 0.3 is 0 Å². The van der Waals surface area contributed by atoms with Crippen LogP contribution in [0.3, 0.4) is 0 Å². The molecule has 1 unspecified atom stereocenters. The molecule has 110 valence electrons. The third-order valence-corrected chi connectivity index (χ3v) is 3.96. The molecular weight excluding hydrogens is 246 g/mol. The molecule has 1 aromatic heterocycles. The monoisotopic (exact) mass is 273 g/mol. The van der Waals surface area contributed by atoms with Gasteiger partial charge in [-0.2, -0.15) is 0 Å². The molecule has 0 aliphatic heterocycles. The lowest BCUT2D eigenvalue weighted by molar-refractivity contribution is 0.415. The van der Waals surface area contributed by atoms with Crippen molar-refractivity contribution in [2.75, 3.05) is 0 Å². The van der Waals surface area contributed by atoms with Crippen molar-refractivity contribution in [3.8, 4) is 0 Å². The molecule has 2 nitrogen and oxygen atoms in total. The van der Waals surface area contributed by atoms with Gasteiger partial charge in [-0.1, -0.05) is 47.6 Å². The lowest BCUT2D eigenvalue weighted by atomic mass is 9.85. The van der Waals surface area contributed by atoms with Crippen LogP contribution in [0.2, 0.25) is 0 Å². The van der Waals surface area contributed by atoms with Crippen molar-refractivity contribution >= 4 is 11.0 Å². The van der Waals surface area contributed by atoms with Gasteiger partial charge in [0.25, 0.3) is 0 Å². The predicted octanol–water partition coefficient (Wildman–Crippen LogP) is 4.95. The molecule has 1 aromatic carbocycles. The average molecular weight is 273 g/mol. The SMILES string of the molecule is CCc1cc(C(C)(C)C)c2oc(C(N)C(C)C)cc2c1. The Hall–Kier alpha value is -1.28. The molecule has 0 saturated carbocycles. The minimum Gasteiger partial charge on any atom is -0.459 e. The highest BCUT2D eigenvalue weighted by atomic mass is 16.3. The van der Waals surface area contributed by atoms with Crippen LogP contribution < -0.4 is 5.73 Å². The van der Waals surface area contributed by atoms with Crippen LogP contribution in [0.1, 0.15) is 64.5 Å². The van der Waals surface area contributed by atoms with Crippen molar-refractivity contribution in [2.24, 2.45) is 11.7 Å². The van der Waals surface area contributed by atoms with E-state index in [4.69, 9.17) is 10.2 Å². The topological polar surface area (TPSA) is 39.2 Å². The first kappa shape index (κ1) is 15.1. The van der Waals surface area contributed by atoms with Crippen LogP contribution in [0, 0.1) is 5.92 Å². The van der Waals surface area contributed by atoms with E-state index in [2.05, 4.69) is 59.7 Å². The average Bonchev–Trinajstić information content (AvgIpc) is 2.78. The Labute approximate surface area is 122 Å². The second-order valence-electron chi connectivity index (χ2n) is 7.08. The molecule has 0 aliphatic carbocycles. The third kappa shape index (κ3) is 2.76. The van der Waals surface area contributed by atoms with E-state index >= 15 is 0 Å². The van der Waals surface area contributed by atoms with Gasteiger partial charge in [-0.05, 0) is 35.4 Å². The number of rotatable bonds is 3. The van der Waals surface area contributed by atoms with Gasteiger partial charge in [0.05, 0.1) is 6.04 Å². The fourth-order valence-electron chi connectivity index (χ4n) is 2.49. The Morgan fingerprint density at radius 1 is 1.15 bits per heavy atom. The highest BCUT2D eigenvalue weighted by Crippen LogP contribution is 2.35. The van der Waals surface area contributed by atoms with E-state index in [1.807, 2.05) is 0 Å². The van der Waals surface area contributed by atoms with Gasteiger partial charge in [-0.15, -0.1) is 0 Å². The van der Waals surface area contributed by atoms with Gasteiger partial charge in [-0.3, -0.25) is 0 Å². The number of hydrogen-bond donors (Lipinski definition) is 1. The summed E-state index contributed by atoms with van der Waals surface area (Å²) in [5.74, 6) is 1.27. The molecule has 2 heteroatoms. The maximum Gasteiger partial charge on any atom is 0.138 e. The zero-order valence-electron chi connectivity index (χ0n) is 13.6. The van der Waals surface area contributed by atoms with Crippen molar-refractivity contribution in [2.45, 2.75) is 59.4 Å². The molecule has 20 heavy (non-hydrogen) atoms. The first-order valence-electron chi connectivity index (χ1n) is 7.56. The Morgan fingerprint density at radius 3 is 2.30 bits per heavy atom. The summed E-state index contributed by atoms with van der Waals surface area (Å²) in [5, 5.41) is 1.18. The van der Waals surface area contributed by atoms with Crippen LogP contribution in [0.25, 0.3) is 11.0 Å². The van der Waals surface area contributed by atoms with Gasteiger partial charge in [0, 0.05) is 10.9 Å². The summed E-state index contributed by atoms with van der Waals surface area (Å²) < 4.78 is 6.12. The number of nitrogens with two attached hydrogens (primary N) is 1. The van der Waals surface area contributed by atoms with Crippen molar-refractivity contribution in [3.05, 3.63) is 35.1 Å². The summed E-state index contributed by atoms with van der Waals surface area (Å²) in [6.45, 7) is 13.1. The van der Waals surface area contributed by atoms with Gasteiger partial charge in [0.1, 0.15) is 11.3 Å². The van der Waals surface area contributed by atoms with Crippen LogP contribution in [0.15, 0.2) is 22.6 Å². The van der Waals surface area contributed by atoms with E-state index in [1.54, 1.807) is 0 Å². The maximum absolute atomic E-state index is 6.24. The van der Waals surface area contributed by atoms with Crippen molar-refractivity contribution < 1.29 is 4.42 Å². The molecule has 0 spiro atoms. The molecule has 0 fully saturated rings. The molecule has 0 aliphatic rings. The van der Waals surface area contributed by atoms with Gasteiger partial charge < -0.3 is 10.2 Å². The summed E-state index contributed by atoms with van der Waals surface area (Å²) in [6.07, 6.45) is 1.04. The Kier molecular flexibility index (Phi) is 3.97. The fourth-order valence-corrected chi connectivity index (χ4v) is 2.49. The third-order valence-electron chi connectivity index (χ3n) is 3.96. The molecular formula is C18H27NO. The number of fused-ring (bicyclic) bond motifs is 1. The number of aryl methyl sites for hydroxylation is 1. The molecule has 0 radical (unpaired) electrons. The minimum atomic E-state index is -0.0414. The number of hydrogen-bond acceptors (Lipinski definition) is 2. The van der Waals surface area contributed by atoms with Crippen LogP contribution in [-0.2, 0) is 11.8 Å². The zero-order chi connectivity index (χ0) is 15.1. The van der Waals surface area contributed by atoms with E-state index in [9.17, 15) is 0 Å². The first-order chi connectivity index (χ1) is 9.24. The Bertz CT molecular complexity index is 602. The lowest BCUT2D eigenvalue weighted by Gasteiger charge is -2.20. The van der Waals surface area contributed by atoms with E-state index in [-0.39, 0.29) is 11.5 Å². The fraction of sp³-hybridized carbons (Fsp3) is 0.556. The summed E-state index contributed by atoms with van der Waals surface area (Å²) in [4.78, 5) is 0. The smallest absolute Gasteiger partial charge is 0.138 e. The Morgan fingerprint density at radius 2 is 1.80 bits per heavy atom. The second-order valence-corrected chi connectivity index (χ2v) is 7.08. The van der Waals surface area contributed by atoms with E-state index < -0.39 is 0 Å². The normalized spacial score (nSPS) is 14.2. The maximum atomic E-state index is 6.24. The standard InChI is InChI=1S/C18H27NO/c1-7-12-8-13-10-15(16(19)11(2)3)20-17(13)14(9-12)18(4,5)6/h8-11,16H,7,19H2,1-6H3. The molecule has 0 amide bonds. The largest absolute Gasteiger partial charge is 0.459 e. The van der Waals surface area contributed by atoms with Crippen LogP contribution in [0.5, 0.6) is 0 Å². The predicted molar refractivity (Wildman–Crippen MR) is 86.1 cm³/mol. The van der Waals surface area contributed by atoms with Crippen molar-refractivity contribution in [1.82, 2.24) is 0 Å². The van der Waals surface area contributed by atoms with Crippen LogP contribution in [0.4, 0.5) is 0 Å². The highest BCUT2D eigenvalue weighted by Gasteiger charge is 2.23.